The Labute approximate surface area is 203 Å². The monoisotopic (exact) mass is 474 g/mol. The molecule has 0 spiro atoms. The number of hydrogen-bond donors (Lipinski definition) is 1. The summed E-state index contributed by atoms with van der Waals surface area (Å²) in [5.74, 6) is -0.874. The van der Waals surface area contributed by atoms with Gasteiger partial charge in [0.25, 0.3) is 5.69 Å². The van der Waals surface area contributed by atoms with Gasteiger partial charge in [-0.25, -0.2) is 4.39 Å². The average Bonchev–Trinajstić information content (AvgIpc) is 2.86. The highest BCUT2D eigenvalue weighted by Crippen LogP contribution is 2.38. The average molecular weight is 475 g/mol. The highest BCUT2D eigenvalue weighted by Gasteiger charge is 2.42. The third-order valence-electron chi connectivity index (χ3n) is 7.00. The molecule has 7 nitrogen and oxygen atoms in total. The zero-order valence-electron chi connectivity index (χ0n) is 19.5. The van der Waals surface area contributed by atoms with Gasteiger partial charge < -0.3 is 15.1 Å². The van der Waals surface area contributed by atoms with E-state index < -0.39 is 10.8 Å². The van der Waals surface area contributed by atoms with Gasteiger partial charge in [-0.05, 0) is 54.8 Å². The van der Waals surface area contributed by atoms with E-state index in [-0.39, 0.29) is 30.0 Å². The molecule has 2 aliphatic heterocycles. The molecule has 2 aliphatic rings. The van der Waals surface area contributed by atoms with Crippen LogP contribution in [0.2, 0.25) is 0 Å². The van der Waals surface area contributed by atoms with Gasteiger partial charge >= 0.3 is 0 Å². The summed E-state index contributed by atoms with van der Waals surface area (Å²) in [6.45, 7) is 4.43. The fourth-order valence-corrected chi connectivity index (χ4v) is 5.18. The Kier molecular flexibility index (Phi) is 6.11. The minimum Gasteiger partial charge on any atom is -0.368 e. The number of nitrogens with one attached hydrogen (secondary N) is 1. The maximum Gasteiger partial charge on any atom is 0.269 e. The first-order valence-corrected chi connectivity index (χ1v) is 11.8. The van der Waals surface area contributed by atoms with E-state index in [1.54, 1.807) is 18.2 Å². The van der Waals surface area contributed by atoms with Gasteiger partial charge in [0.1, 0.15) is 5.82 Å². The van der Waals surface area contributed by atoms with Gasteiger partial charge in [-0.3, -0.25) is 14.9 Å². The molecule has 8 heteroatoms. The molecule has 1 fully saturated rings. The standard InChI is InChI=1S/C27H27FN4O3/c1-18-5-7-22(8-6-18)30-11-12-31-25-10-9-23(32(34)35)14-20(25)15-24(26(31)17-30)27(33)29-16-19-3-2-4-21(28)13-19/h2-10,13-14,24,26H,11-12,15-17H2,1H3,(H,29,33)/t24-,26-/m1/s1. The molecule has 3 aromatic rings. The number of nitrogens with zero attached hydrogens (tertiary/aromatic N) is 3. The Bertz CT molecular complexity index is 1260. The zero-order chi connectivity index (χ0) is 24.5. The smallest absolute Gasteiger partial charge is 0.269 e. The molecule has 0 aliphatic carbocycles. The Morgan fingerprint density at radius 2 is 1.91 bits per heavy atom. The fourth-order valence-electron chi connectivity index (χ4n) is 5.18. The molecule has 2 atom stereocenters. The first-order chi connectivity index (χ1) is 16.9. The van der Waals surface area contributed by atoms with Crippen LogP contribution in [0.4, 0.5) is 21.5 Å². The van der Waals surface area contributed by atoms with Crippen LogP contribution in [0.25, 0.3) is 0 Å². The molecule has 35 heavy (non-hydrogen) atoms. The molecule has 2 heterocycles. The Morgan fingerprint density at radius 3 is 2.66 bits per heavy atom. The largest absolute Gasteiger partial charge is 0.368 e. The third-order valence-corrected chi connectivity index (χ3v) is 7.00. The second-order valence-electron chi connectivity index (χ2n) is 9.27. The predicted octanol–water partition coefficient (Wildman–Crippen LogP) is 4.23. The van der Waals surface area contributed by atoms with Gasteiger partial charge in [-0.15, -0.1) is 0 Å². The van der Waals surface area contributed by atoms with Gasteiger partial charge in [0, 0.05) is 49.7 Å². The van der Waals surface area contributed by atoms with E-state index in [4.69, 9.17) is 0 Å². The minimum absolute atomic E-state index is 0.0272. The van der Waals surface area contributed by atoms with Crippen LogP contribution in [0, 0.1) is 28.8 Å². The Hall–Kier alpha value is -3.94. The number of hydrogen-bond acceptors (Lipinski definition) is 5. The van der Waals surface area contributed by atoms with Crippen molar-refractivity contribution in [3.05, 3.63) is 99.4 Å². The summed E-state index contributed by atoms with van der Waals surface area (Å²) < 4.78 is 13.6. The minimum atomic E-state index is -0.402. The van der Waals surface area contributed by atoms with E-state index >= 15 is 0 Å². The van der Waals surface area contributed by atoms with Crippen LogP contribution in [0.5, 0.6) is 0 Å². The van der Waals surface area contributed by atoms with E-state index in [1.165, 1.54) is 23.8 Å². The van der Waals surface area contributed by atoms with Crippen LogP contribution >= 0.6 is 0 Å². The summed E-state index contributed by atoms with van der Waals surface area (Å²) >= 11 is 0. The molecule has 180 valence electrons. The van der Waals surface area contributed by atoms with Crippen molar-refractivity contribution in [3.8, 4) is 0 Å². The van der Waals surface area contributed by atoms with Gasteiger partial charge in [0.2, 0.25) is 5.91 Å². The van der Waals surface area contributed by atoms with Crippen molar-refractivity contribution < 1.29 is 14.1 Å². The number of fused-ring (bicyclic) bond motifs is 3. The van der Waals surface area contributed by atoms with Gasteiger partial charge in [0.05, 0.1) is 16.9 Å². The molecule has 0 saturated carbocycles. The lowest BCUT2D eigenvalue weighted by atomic mass is 9.83. The van der Waals surface area contributed by atoms with E-state index in [0.29, 0.717) is 25.1 Å². The predicted molar refractivity (Wildman–Crippen MR) is 133 cm³/mol. The van der Waals surface area contributed by atoms with Crippen LogP contribution in [-0.2, 0) is 17.8 Å². The summed E-state index contributed by atoms with van der Waals surface area (Å²) in [7, 11) is 0. The van der Waals surface area contributed by atoms with Crippen LogP contribution in [0.1, 0.15) is 16.7 Å². The molecule has 3 aromatic carbocycles. The maximum atomic E-state index is 13.6. The maximum absolute atomic E-state index is 13.6. The lowest BCUT2D eigenvalue weighted by Gasteiger charge is -2.49. The van der Waals surface area contributed by atoms with Crippen LogP contribution in [0.3, 0.4) is 0 Å². The number of nitro benzene ring substituents is 1. The number of halogens is 1. The number of carbonyl (C=O) groups excluding carboxylic acids is 1. The SMILES string of the molecule is Cc1ccc(N2CCN3c4ccc([N+](=O)[O-])cc4C[C@@H](C(=O)NCc4cccc(F)c4)[C@H]3C2)cc1. The molecule has 0 radical (unpaired) electrons. The lowest BCUT2D eigenvalue weighted by molar-refractivity contribution is -0.384. The second-order valence-corrected chi connectivity index (χ2v) is 9.27. The van der Waals surface area contributed by atoms with Crippen molar-refractivity contribution >= 4 is 23.0 Å². The van der Waals surface area contributed by atoms with Crippen molar-refractivity contribution in [1.29, 1.82) is 0 Å². The molecular weight excluding hydrogens is 447 g/mol. The number of aryl methyl sites for hydroxylation is 1. The summed E-state index contributed by atoms with van der Waals surface area (Å²) in [5, 5.41) is 14.3. The van der Waals surface area contributed by atoms with E-state index in [1.807, 2.05) is 6.07 Å². The number of rotatable bonds is 5. The molecule has 0 bridgehead atoms. The molecule has 0 unspecified atom stereocenters. The third kappa shape index (κ3) is 4.69. The first-order valence-electron chi connectivity index (χ1n) is 11.8. The van der Waals surface area contributed by atoms with Crippen LogP contribution < -0.4 is 15.1 Å². The number of benzene rings is 3. The molecule has 1 saturated heterocycles. The first kappa shape index (κ1) is 22.8. The molecule has 1 N–H and O–H groups in total. The quantitative estimate of drug-likeness (QED) is 0.442. The molecular formula is C27H27FN4O3. The van der Waals surface area contributed by atoms with Crippen molar-refractivity contribution in [2.75, 3.05) is 29.4 Å². The van der Waals surface area contributed by atoms with Gasteiger partial charge in [0.15, 0.2) is 0 Å². The Morgan fingerprint density at radius 1 is 1.11 bits per heavy atom. The van der Waals surface area contributed by atoms with Crippen molar-refractivity contribution in [2.45, 2.75) is 25.9 Å². The number of carbonyl (C=O) groups is 1. The second kappa shape index (κ2) is 9.37. The number of piperazine rings is 1. The van der Waals surface area contributed by atoms with E-state index in [0.717, 1.165) is 23.5 Å². The molecule has 1 amide bonds. The highest BCUT2D eigenvalue weighted by atomic mass is 19.1. The van der Waals surface area contributed by atoms with Crippen molar-refractivity contribution in [3.63, 3.8) is 0 Å². The fraction of sp³-hybridized carbons (Fsp3) is 0.296. The van der Waals surface area contributed by atoms with Crippen molar-refractivity contribution in [2.24, 2.45) is 5.92 Å². The summed E-state index contributed by atoms with van der Waals surface area (Å²) in [5.41, 5.74) is 4.79. The van der Waals surface area contributed by atoms with E-state index in [9.17, 15) is 19.3 Å². The van der Waals surface area contributed by atoms with E-state index in [2.05, 4.69) is 46.3 Å². The number of amides is 1. The highest BCUT2D eigenvalue weighted by molar-refractivity contribution is 5.82. The molecule has 5 rings (SSSR count). The topological polar surface area (TPSA) is 78.7 Å². The Balaban J connectivity index is 1.43. The van der Waals surface area contributed by atoms with Crippen LogP contribution in [0.15, 0.2) is 66.7 Å². The zero-order valence-corrected chi connectivity index (χ0v) is 19.5. The van der Waals surface area contributed by atoms with Crippen molar-refractivity contribution in [1.82, 2.24) is 5.32 Å². The summed E-state index contributed by atoms with van der Waals surface area (Å²) in [4.78, 5) is 28.9. The normalized spacial score (nSPS) is 19.0. The van der Waals surface area contributed by atoms with Gasteiger partial charge in [-0.1, -0.05) is 29.8 Å². The number of anilines is 2. The molecule has 0 aromatic heterocycles. The van der Waals surface area contributed by atoms with Crippen LogP contribution in [-0.4, -0.2) is 36.5 Å². The summed E-state index contributed by atoms with van der Waals surface area (Å²) in [6.07, 6.45) is 0.412. The number of nitro groups is 1. The summed E-state index contributed by atoms with van der Waals surface area (Å²) in [6, 6.07) is 19.4. The van der Waals surface area contributed by atoms with Gasteiger partial charge in [-0.2, -0.15) is 0 Å². The number of non-ortho nitro benzene ring substituents is 1. The lowest BCUT2D eigenvalue weighted by Crippen LogP contribution is -2.61.